The fourth-order valence-electron chi connectivity index (χ4n) is 1.69. The number of thiophene rings is 1. The molecule has 1 aliphatic heterocycles. The van der Waals surface area contributed by atoms with Gasteiger partial charge in [0.2, 0.25) is 5.91 Å². The van der Waals surface area contributed by atoms with Gasteiger partial charge < -0.3 is 0 Å². The normalized spacial score (nSPS) is 21.6. The number of sulfonamides is 1. The van der Waals surface area contributed by atoms with E-state index in [4.69, 9.17) is 0 Å². The molecule has 20 heavy (non-hydrogen) atoms. The summed E-state index contributed by atoms with van der Waals surface area (Å²) in [6.45, 7) is 5.74. The van der Waals surface area contributed by atoms with Gasteiger partial charge in [-0.15, -0.1) is 22.3 Å². The van der Waals surface area contributed by atoms with E-state index in [1.165, 1.54) is 22.7 Å². The summed E-state index contributed by atoms with van der Waals surface area (Å²) in [6.07, 6.45) is 2.19. The van der Waals surface area contributed by atoms with E-state index < -0.39 is 10.0 Å². The highest BCUT2D eigenvalue weighted by Crippen LogP contribution is 2.31. The van der Waals surface area contributed by atoms with Gasteiger partial charge in [-0.25, -0.2) is 0 Å². The molecule has 108 valence electrons. The number of thioether (sulfide) groups is 1. The van der Waals surface area contributed by atoms with Gasteiger partial charge in [0, 0.05) is 6.54 Å². The predicted molar refractivity (Wildman–Crippen MR) is 82.5 cm³/mol. The number of carbonyl (C=O) groups is 1. The molecule has 8 heteroatoms. The number of rotatable bonds is 5. The first-order valence-corrected chi connectivity index (χ1v) is 9.17. The number of nitrogens with zero attached hydrogens (tertiary/aromatic N) is 2. The molecule has 1 aromatic heterocycles. The maximum Gasteiger partial charge on any atom is 0.294 e. The molecule has 5 nitrogen and oxygen atoms in total. The van der Waals surface area contributed by atoms with Crippen molar-refractivity contribution < 1.29 is 13.2 Å². The standard InChI is InChI=1S/C12H14N2O3S3/c1-3-7-14-11(15)9(4-2)19-12(14)13-20(16,17)10-6-5-8-18-10/h3,5-6,8-9H,1,4,7H2,2H3/t9-/m0/s1. The minimum atomic E-state index is -3.75. The van der Waals surface area contributed by atoms with Gasteiger partial charge in [-0.05, 0) is 17.9 Å². The molecule has 0 aliphatic carbocycles. The summed E-state index contributed by atoms with van der Waals surface area (Å²) in [5.74, 6) is -0.113. The van der Waals surface area contributed by atoms with E-state index in [9.17, 15) is 13.2 Å². The van der Waals surface area contributed by atoms with Crippen LogP contribution in [0.4, 0.5) is 0 Å². The Morgan fingerprint density at radius 1 is 1.55 bits per heavy atom. The number of amides is 1. The second-order valence-corrected chi connectivity index (χ2v) is 7.98. The van der Waals surface area contributed by atoms with Crippen molar-refractivity contribution >= 4 is 44.2 Å². The van der Waals surface area contributed by atoms with E-state index in [2.05, 4.69) is 11.0 Å². The van der Waals surface area contributed by atoms with Gasteiger partial charge in [-0.1, -0.05) is 30.8 Å². The van der Waals surface area contributed by atoms with Gasteiger partial charge in [0.25, 0.3) is 10.0 Å². The number of hydrogen-bond donors (Lipinski definition) is 0. The highest BCUT2D eigenvalue weighted by atomic mass is 32.2. The molecule has 2 heterocycles. The summed E-state index contributed by atoms with van der Waals surface area (Å²) in [5.41, 5.74) is 0. The minimum Gasteiger partial charge on any atom is -0.286 e. The summed E-state index contributed by atoms with van der Waals surface area (Å²) in [4.78, 5) is 13.5. The first-order valence-electron chi connectivity index (χ1n) is 5.97. The minimum absolute atomic E-state index is 0.113. The quantitative estimate of drug-likeness (QED) is 0.777. The Morgan fingerprint density at radius 3 is 2.85 bits per heavy atom. The predicted octanol–water partition coefficient (Wildman–Crippen LogP) is 2.33. The lowest BCUT2D eigenvalue weighted by atomic mass is 10.3. The molecular weight excluding hydrogens is 316 g/mol. The maximum absolute atomic E-state index is 12.1. The van der Waals surface area contributed by atoms with Crippen molar-refractivity contribution in [3.63, 3.8) is 0 Å². The first-order chi connectivity index (χ1) is 9.49. The third-order valence-corrected chi connectivity index (χ3v) is 6.75. The van der Waals surface area contributed by atoms with Crippen molar-refractivity contribution in [2.75, 3.05) is 6.54 Å². The lowest BCUT2D eigenvalue weighted by Gasteiger charge is -2.13. The molecule has 0 aromatic carbocycles. The Balaban J connectivity index is 2.37. The van der Waals surface area contributed by atoms with Gasteiger partial charge in [0.05, 0.1) is 5.25 Å². The SMILES string of the molecule is C=CCN1C(=O)[C@H](CC)SC1=NS(=O)(=O)c1cccs1. The van der Waals surface area contributed by atoms with Gasteiger partial charge in [-0.3, -0.25) is 9.69 Å². The maximum atomic E-state index is 12.1. The lowest BCUT2D eigenvalue weighted by Crippen LogP contribution is -2.32. The van der Waals surface area contributed by atoms with E-state index in [1.807, 2.05) is 6.92 Å². The smallest absolute Gasteiger partial charge is 0.286 e. The molecule has 1 amide bonds. The van der Waals surface area contributed by atoms with Crippen LogP contribution in [0.3, 0.4) is 0 Å². The largest absolute Gasteiger partial charge is 0.294 e. The molecule has 1 aliphatic rings. The fourth-order valence-corrected chi connectivity index (χ4v) is 4.96. The average Bonchev–Trinajstić information content (AvgIpc) is 3.02. The van der Waals surface area contributed by atoms with Crippen LogP contribution in [0.1, 0.15) is 13.3 Å². The van der Waals surface area contributed by atoms with Crippen LogP contribution in [0.15, 0.2) is 38.8 Å². The second-order valence-electron chi connectivity index (χ2n) is 4.03. The second kappa shape index (κ2) is 6.11. The summed E-state index contributed by atoms with van der Waals surface area (Å²) in [6, 6.07) is 3.15. The third-order valence-electron chi connectivity index (χ3n) is 2.65. The summed E-state index contributed by atoms with van der Waals surface area (Å²) in [5, 5.41) is 1.64. The molecule has 2 rings (SSSR count). The summed E-state index contributed by atoms with van der Waals surface area (Å²) >= 11 is 2.30. The Morgan fingerprint density at radius 2 is 2.30 bits per heavy atom. The van der Waals surface area contributed by atoms with Crippen LogP contribution in [-0.4, -0.2) is 36.2 Å². The molecule has 1 fully saturated rings. The fraction of sp³-hybridized carbons (Fsp3) is 0.333. The zero-order valence-corrected chi connectivity index (χ0v) is 13.3. The van der Waals surface area contributed by atoms with Crippen molar-refractivity contribution in [1.29, 1.82) is 0 Å². The van der Waals surface area contributed by atoms with Crippen molar-refractivity contribution in [2.45, 2.75) is 22.8 Å². The molecule has 1 saturated heterocycles. The highest BCUT2D eigenvalue weighted by Gasteiger charge is 2.37. The number of carbonyl (C=O) groups excluding carboxylic acids is 1. The lowest BCUT2D eigenvalue weighted by molar-refractivity contribution is -0.125. The summed E-state index contributed by atoms with van der Waals surface area (Å²) < 4.78 is 28.3. The van der Waals surface area contributed by atoms with E-state index in [0.717, 1.165) is 11.3 Å². The van der Waals surface area contributed by atoms with E-state index >= 15 is 0 Å². The zero-order valence-electron chi connectivity index (χ0n) is 10.9. The topological polar surface area (TPSA) is 66.8 Å². The van der Waals surface area contributed by atoms with Crippen LogP contribution in [0, 0.1) is 0 Å². The van der Waals surface area contributed by atoms with Crippen LogP contribution >= 0.6 is 23.1 Å². The van der Waals surface area contributed by atoms with Crippen molar-refractivity contribution in [1.82, 2.24) is 4.90 Å². The van der Waals surface area contributed by atoms with Crippen molar-refractivity contribution in [2.24, 2.45) is 4.40 Å². The average molecular weight is 330 g/mol. The van der Waals surface area contributed by atoms with E-state index in [0.29, 0.717) is 6.42 Å². The van der Waals surface area contributed by atoms with Gasteiger partial charge >= 0.3 is 0 Å². The van der Waals surface area contributed by atoms with Crippen LogP contribution in [-0.2, 0) is 14.8 Å². The Labute approximate surface area is 126 Å². The highest BCUT2D eigenvalue weighted by molar-refractivity contribution is 8.16. The van der Waals surface area contributed by atoms with Crippen LogP contribution in [0.25, 0.3) is 0 Å². The van der Waals surface area contributed by atoms with Gasteiger partial charge in [-0.2, -0.15) is 8.42 Å². The molecular formula is C12H14N2O3S3. The van der Waals surface area contributed by atoms with E-state index in [1.54, 1.807) is 17.5 Å². The summed E-state index contributed by atoms with van der Waals surface area (Å²) in [7, 11) is -3.75. The van der Waals surface area contributed by atoms with Gasteiger partial charge in [0.1, 0.15) is 4.21 Å². The molecule has 0 unspecified atom stereocenters. The molecule has 0 bridgehead atoms. The van der Waals surface area contributed by atoms with Crippen LogP contribution in [0.2, 0.25) is 0 Å². The Bertz CT molecular complexity index is 635. The van der Waals surface area contributed by atoms with Crippen LogP contribution < -0.4 is 0 Å². The van der Waals surface area contributed by atoms with Crippen LogP contribution in [0.5, 0.6) is 0 Å². The molecule has 1 aromatic rings. The third kappa shape index (κ3) is 2.97. The molecule has 0 saturated carbocycles. The zero-order chi connectivity index (χ0) is 14.8. The first kappa shape index (κ1) is 15.3. The van der Waals surface area contributed by atoms with E-state index in [-0.39, 0.29) is 27.1 Å². The monoisotopic (exact) mass is 330 g/mol. The van der Waals surface area contributed by atoms with Gasteiger partial charge in [0.15, 0.2) is 5.17 Å². The Kier molecular flexibility index (Phi) is 4.66. The molecule has 0 radical (unpaired) electrons. The number of amidine groups is 1. The molecule has 0 spiro atoms. The molecule has 0 N–H and O–H groups in total. The Hall–Kier alpha value is -1.12. The molecule has 1 atom stereocenters. The van der Waals surface area contributed by atoms with Crippen molar-refractivity contribution in [3.8, 4) is 0 Å². The number of hydrogen-bond acceptors (Lipinski definition) is 5. The van der Waals surface area contributed by atoms with Crippen molar-refractivity contribution in [3.05, 3.63) is 30.2 Å².